The minimum atomic E-state index is -0.576. The quantitative estimate of drug-likeness (QED) is 0.493. The average Bonchev–Trinajstić information content (AvgIpc) is 3.07. The van der Waals surface area contributed by atoms with Crippen LogP contribution in [0.15, 0.2) is 36.7 Å². The maximum absolute atomic E-state index is 14.5. The number of rotatable bonds is 3. The van der Waals surface area contributed by atoms with Gasteiger partial charge in [-0.2, -0.15) is 9.07 Å². The molecule has 6 rings (SSSR count). The van der Waals surface area contributed by atoms with Crippen LogP contribution in [0.1, 0.15) is 19.0 Å². The zero-order valence-electron chi connectivity index (χ0n) is 14.5. The molecule has 1 aliphatic rings. The molecule has 0 N–H and O–H groups in total. The van der Waals surface area contributed by atoms with Crippen LogP contribution in [0, 0.1) is 17.9 Å². The third-order valence-corrected chi connectivity index (χ3v) is 5.52. The minimum Gasteiger partial charge on any atom is -0.253 e. The molecule has 1 aliphatic carbocycles. The first-order valence-electron chi connectivity index (χ1n) is 8.91. The van der Waals surface area contributed by atoms with Crippen LogP contribution in [-0.2, 0) is 6.42 Å². The molecule has 1 fully saturated rings. The lowest BCUT2D eigenvalue weighted by Crippen LogP contribution is -2.09. The summed E-state index contributed by atoms with van der Waals surface area (Å²) in [4.78, 5) is 3.86. The fourth-order valence-electron chi connectivity index (χ4n) is 3.87. The second-order valence-corrected chi connectivity index (χ2v) is 7.21. The lowest BCUT2D eigenvalue weighted by molar-refractivity contribution is 0.539. The number of fused-ring (bicyclic) bond motifs is 6. The summed E-state index contributed by atoms with van der Waals surface area (Å²) in [5.41, 5.74) is 2.85. The van der Waals surface area contributed by atoms with Crippen LogP contribution >= 0.6 is 0 Å². The summed E-state index contributed by atoms with van der Waals surface area (Å²) in [6, 6.07) is 7.50. The first kappa shape index (κ1) is 14.8. The largest absolute Gasteiger partial charge is 0.295 e. The maximum Gasteiger partial charge on any atom is 0.295 e. The van der Waals surface area contributed by atoms with Crippen molar-refractivity contribution in [3.8, 4) is 5.95 Å². The number of nitrogens with zero attached hydrogens (tertiary/aromatic N) is 8. The van der Waals surface area contributed by atoms with E-state index in [1.165, 1.54) is 17.0 Å². The van der Waals surface area contributed by atoms with Crippen molar-refractivity contribution >= 4 is 22.2 Å². The predicted octanol–water partition coefficient (Wildman–Crippen LogP) is 2.45. The van der Waals surface area contributed by atoms with Gasteiger partial charge < -0.3 is 0 Å². The summed E-state index contributed by atoms with van der Waals surface area (Å²) in [5.74, 6) is 1.86. The molecule has 27 heavy (non-hydrogen) atoms. The van der Waals surface area contributed by atoms with E-state index in [1.54, 1.807) is 15.3 Å². The van der Waals surface area contributed by atoms with Gasteiger partial charge in [0.2, 0.25) is 0 Å². The molecular weight excluding hydrogens is 347 g/mol. The molecule has 8 nitrogen and oxygen atoms in total. The lowest BCUT2D eigenvalue weighted by Gasteiger charge is -2.08. The molecule has 4 aromatic heterocycles. The Morgan fingerprint density at radius 1 is 1.15 bits per heavy atom. The minimum absolute atomic E-state index is 0.487. The van der Waals surface area contributed by atoms with Crippen molar-refractivity contribution in [1.82, 2.24) is 39.0 Å². The Morgan fingerprint density at radius 2 is 2.00 bits per heavy atom. The fraction of sp³-hybridized carbons (Fsp3) is 0.278. The molecule has 0 amide bonds. The molecule has 134 valence electrons. The van der Waals surface area contributed by atoms with Gasteiger partial charge >= 0.3 is 0 Å². The van der Waals surface area contributed by atoms with Crippen LogP contribution < -0.4 is 0 Å². The Balaban J connectivity index is 1.67. The van der Waals surface area contributed by atoms with Crippen molar-refractivity contribution in [2.45, 2.75) is 19.8 Å². The number of halogens is 1. The summed E-state index contributed by atoms with van der Waals surface area (Å²) in [5, 5.41) is 17.8. The van der Waals surface area contributed by atoms with Gasteiger partial charge in [0, 0.05) is 5.39 Å². The lowest BCUT2D eigenvalue weighted by atomic mass is 10.2. The molecule has 2 unspecified atom stereocenters. The van der Waals surface area contributed by atoms with Crippen molar-refractivity contribution < 1.29 is 4.39 Å². The Labute approximate surface area is 152 Å². The number of benzene rings is 1. The van der Waals surface area contributed by atoms with Gasteiger partial charge in [-0.3, -0.25) is 4.40 Å². The van der Waals surface area contributed by atoms with Crippen LogP contribution in [0.2, 0.25) is 0 Å². The van der Waals surface area contributed by atoms with Gasteiger partial charge in [-0.1, -0.05) is 24.3 Å². The molecule has 2 atom stereocenters. The van der Waals surface area contributed by atoms with E-state index in [2.05, 4.69) is 32.4 Å². The highest BCUT2D eigenvalue weighted by atomic mass is 19.1. The standard InChI is InChI=1S/C18H15FN8/c1-10-6-11(10)7-12-8-21-24-27(12)18-23-22-16-13-4-2-3-5-14(13)25-15(26(16)18)9-20-17(25)19/h2-5,8-11H,6-7H2,1H3. The number of hydrogen-bond acceptors (Lipinski definition) is 5. The fourth-order valence-corrected chi connectivity index (χ4v) is 3.87. The van der Waals surface area contributed by atoms with Gasteiger partial charge in [0.1, 0.15) is 5.65 Å². The molecule has 4 heterocycles. The van der Waals surface area contributed by atoms with E-state index >= 15 is 0 Å². The summed E-state index contributed by atoms with van der Waals surface area (Å²) in [6.07, 6.45) is 4.78. The molecule has 5 aromatic rings. The van der Waals surface area contributed by atoms with Gasteiger partial charge in [-0.15, -0.1) is 15.3 Å². The Kier molecular flexibility index (Phi) is 2.78. The predicted molar refractivity (Wildman–Crippen MR) is 95.1 cm³/mol. The number of para-hydroxylation sites is 1. The van der Waals surface area contributed by atoms with Crippen LogP contribution in [0.4, 0.5) is 4.39 Å². The first-order chi connectivity index (χ1) is 13.2. The van der Waals surface area contributed by atoms with Gasteiger partial charge in [-0.25, -0.2) is 9.38 Å². The number of aromatic nitrogens is 8. The molecule has 0 saturated heterocycles. The third-order valence-electron chi connectivity index (χ3n) is 5.52. The van der Waals surface area contributed by atoms with Crippen LogP contribution in [0.5, 0.6) is 0 Å². The zero-order valence-corrected chi connectivity index (χ0v) is 14.5. The third kappa shape index (κ3) is 1.99. The topological polar surface area (TPSA) is 78.2 Å². The van der Waals surface area contributed by atoms with Crippen LogP contribution in [0.25, 0.3) is 28.1 Å². The second-order valence-electron chi connectivity index (χ2n) is 7.21. The van der Waals surface area contributed by atoms with E-state index in [1.807, 2.05) is 24.3 Å². The van der Waals surface area contributed by atoms with Crippen molar-refractivity contribution in [2.75, 3.05) is 0 Å². The van der Waals surface area contributed by atoms with E-state index in [9.17, 15) is 4.39 Å². The zero-order chi connectivity index (χ0) is 18.1. The van der Waals surface area contributed by atoms with E-state index in [-0.39, 0.29) is 0 Å². The highest BCUT2D eigenvalue weighted by Gasteiger charge is 2.34. The molecule has 1 saturated carbocycles. The summed E-state index contributed by atoms with van der Waals surface area (Å²) in [6.45, 7) is 2.25. The first-order valence-corrected chi connectivity index (χ1v) is 8.91. The average molecular weight is 362 g/mol. The molecule has 0 spiro atoms. The van der Waals surface area contributed by atoms with Gasteiger partial charge in [0.15, 0.2) is 5.65 Å². The summed E-state index contributed by atoms with van der Waals surface area (Å²) in [7, 11) is 0. The molecule has 0 bridgehead atoms. The Morgan fingerprint density at radius 3 is 2.85 bits per heavy atom. The van der Waals surface area contributed by atoms with Crippen molar-refractivity contribution in [2.24, 2.45) is 11.8 Å². The normalized spacial score (nSPS) is 19.5. The Bertz CT molecular complexity index is 1330. The van der Waals surface area contributed by atoms with E-state index in [4.69, 9.17) is 0 Å². The highest BCUT2D eigenvalue weighted by molar-refractivity contribution is 5.94. The Hall–Kier alpha value is -3.36. The maximum atomic E-state index is 14.5. The molecule has 0 radical (unpaired) electrons. The van der Waals surface area contributed by atoms with Gasteiger partial charge in [-0.05, 0) is 36.8 Å². The molecule has 0 aliphatic heterocycles. The van der Waals surface area contributed by atoms with Gasteiger partial charge in [0.05, 0.1) is 23.6 Å². The molecule has 9 heteroatoms. The van der Waals surface area contributed by atoms with E-state index in [0.717, 1.165) is 23.4 Å². The number of imidazole rings is 1. The SMILES string of the molecule is CC1CC1Cc1cnnn1-c1nnc2c3ccccc3n3c(F)ncc3n12. The number of hydrogen-bond donors (Lipinski definition) is 0. The van der Waals surface area contributed by atoms with Crippen molar-refractivity contribution in [3.63, 3.8) is 0 Å². The van der Waals surface area contributed by atoms with Crippen molar-refractivity contribution in [1.29, 1.82) is 0 Å². The monoisotopic (exact) mass is 362 g/mol. The van der Waals surface area contributed by atoms with Crippen LogP contribution in [0.3, 0.4) is 0 Å². The van der Waals surface area contributed by atoms with Crippen LogP contribution in [-0.4, -0.2) is 39.0 Å². The molecular formula is C18H15FN8. The highest BCUT2D eigenvalue weighted by Crippen LogP contribution is 2.40. The van der Waals surface area contributed by atoms with Gasteiger partial charge in [0.25, 0.3) is 12.0 Å². The van der Waals surface area contributed by atoms with E-state index in [0.29, 0.717) is 28.7 Å². The summed E-state index contributed by atoms with van der Waals surface area (Å²) < 4.78 is 19.4. The second kappa shape index (κ2) is 5.09. The van der Waals surface area contributed by atoms with Crippen molar-refractivity contribution in [3.05, 3.63) is 48.4 Å². The smallest absolute Gasteiger partial charge is 0.253 e. The molecule has 1 aromatic carbocycles. The summed E-state index contributed by atoms with van der Waals surface area (Å²) >= 11 is 0. The van der Waals surface area contributed by atoms with E-state index < -0.39 is 6.08 Å².